The number of carboxylic acid groups (broad SMARTS) is 1. The van der Waals surface area contributed by atoms with Crippen LogP contribution in [0.25, 0.3) is 0 Å². The summed E-state index contributed by atoms with van der Waals surface area (Å²) in [6.45, 7) is 0. The van der Waals surface area contributed by atoms with Crippen LogP contribution < -0.4 is 4.74 Å². The lowest BCUT2D eigenvalue weighted by atomic mass is 10.2. The number of benzene rings is 1. The van der Waals surface area contributed by atoms with Crippen molar-refractivity contribution in [3.8, 4) is 11.5 Å². The second kappa shape index (κ2) is 4.56. The molecule has 1 aromatic heterocycles. The minimum atomic E-state index is -1.22. The van der Waals surface area contributed by atoms with Gasteiger partial charge in [-0.1, -0.05) is 0 Å². The summed E-state index contributed by atoms with van der Waals surface area (Å²) >= 11 is 0. The summed E-state index contributed by atoms with van der Waals surface area (Å²) in [5.41, 5.74) is -0.183. The van der Waals surface area contributed by atoms with Crippen LogP contribution >= 0.6 is 0 Å². The second-order valence-electron chi connectivity index (χ2n) is 3.16. The summed E-state index contributed by atoms with van der Waals surface area (Å²) in [4.78, 5) is 18.1. The van der Waals surface area contributed by atoms with Crippen LogP contribution in [0.3, 0.4) is 0 Å². The number of hydrogen-bond donors (Lipinski definition) is 1. The molecular weight excluding hydrogens is 227 g/mol. The fourth-order valence-corrected chi connectivity index (χ4v) is 1.22. The molecule has 0 saturated heterocycles. The molecule has 86 valence electrons. The molecule has 0 aliphatic carbocycles. The van der Waals surface area contributed by atoms with Crippen molar-refractivity contribution in [3.05, 3.63) is 48.3 Å². The highest BCUT2D eigenvalue weighted by Crippen LogP contribution is 2.22. The highest BCUT2D eigenvalue weighted by molar-refractivity contribution is 5.88. The minimum absolute atomic E-state index is 0.0807. The van der Waals surface area contributed by atoms with E-state index in [9.17, 15) is 9.18 Å². The number of ether oxygens (including phenoxy) is 1. The van der Waals surface area contributed by atoms with E-state index in [1.807, 2.05) is 0 Å². The zero-order chi connectivity index (χ0) is 12.3. The average Bonchev–Trinajstić information content (AvgIpc) is 2.29. The van der Waals surface area contributed by atoms with E-state index in [2.05, 4.69) is 9.97 Å². The Bertz CT molecular complexity index is 546. The number of aromatic carboxylic acids is 1. The van der Waals surface area contributed by atoms with Gasteiger partial charge in [-0.15, -0.1) is 0 Å². The van der Waals surface area contributed by atoms with Gasteiger partial charge in [-0.25, -0.2) is 19.2 Å². The number of hydrogen-bond acceptors (Lipinski definition) is 4. The van der Waals surface area contributed by atoms with E-state index in [4.69, 9.17) is 9.84 Å². The van der Waals surface area contributed by atoms with Crippen LogP contribution in [0.4, 0.5) is 4.39 Å². The lowest BCUT2D eigenvalue weighted by Crippen LogP contribution is -1.98. The fourth-order valence-electron chi connectivity index (χ4n) is 1.22. The molecule has 0 unspecified atom stereocenters. The molecule has 1 aromatic carbocycles. The van der Waals surface area contributed by atoms with Gasteiger partial charge in [0.2, 0.25) is 0 Å². The summed E-state index contributed by atoms with van der Waals surface area (Å²) in [6.07, 6.45) is 4.10. The number of rotatable bonds is 3. The Hall–Kier alpha value is -2.50. The first-order valence-corrected chi connectivity index (χ1v) is 4.62. The Kier molecular flexibility index (Phi) is 2.95. The lowest BCUT2D eigenvalue weighted by molar-refractivity contribution is 0.0696. The normalized spacial score (nSPS) is 9.94. The van der Waals surface area contributed by atoms with E-state index in [0.29, 0.717) is 5.75 Å². The van der Waals surface area contributed by atoms with Gasteiger partial charge in [0, 0.05) is 6.07 Å². The van der Waals surface area contributed by atoms with Crippen LogP contribution in [0.2, 0.25) is 0 Å². The molecular formula is C11H7FN2O3. The SMILES string of the molecule is O=C(O)c1cc(F)cc(Oc2cncnc2)c1. The van der Waals surface area contributed by atoms with Crippen LogP contribution in [0.1, 0.15) is 10.4 Å². The third-order valence-electron chi connectivity index (χ3n) is 1.89. The number of aromatic nitrogens is 2. The van der Waals surface area contributed by atoms with Crippen LogP contribution in [0.15, 0.2) is 36.9 Å². The lowest BCUT2D eigenvalue weighted by Gasteiger charge is -2.05. The molecule has 0 aliphatic rings. The van der Waals surface area contributed by atoms with Crippen molar-refractivity contribution in [3.63, 3.8) is 0 Å². The molecule has 1 N–H and O–H groups in total. The van der Waals surface area contributed by atoms with Gasteiger partial charge in [0.1, 0.15) is 17.9 Å². The predicted octanol–water partition coefficient (Wildman–Crippen LogP) is 2.11. The Labute approximate surface area is 95.5 Å². The van der Waals surface area contributed by atoms with Crippen molar-refractivity contribution in [2.24, 2.45) is 0 Å². The monoisotopic (exact) mass is 234 g/mol. The highest BCUT2D eigenvalue weighted by Gasteiger charge is 2.08. The smallest absolute Gasteiger partial charge is 0.335 e. The number of halogens is 1. The maximum absolute atomic E-state index is 13.1. The van der Waals surface area contributed by atoms with E-state index in [0.717, 1.165) is 12.1 Å². The van der Waals surface area contributed by atoms with E-state index >= 15 is 0 Å². The Morgan fingerprint density at radius 1 is 1.18 bits per heavy atom. The van der Waals surface area contributed by atoms with Gasteiger partial charge in [0.15, 0.2) is 5.75 Å². The third-order valence-corrected chi connectivity index (χ3v) is 1.89. The molecule has 2 aromatic rings. The summed E-state index contributed by atoms with van der Waals surface area (Å²) in [7, 11) is 0. The second-order valence-corrected chi connectivity index (χ2v) is 3.16. The van der Waals surface area contributed by atoms with Gasteiger partial charge in [-0.3, -0.25) is 0 Å². The van der Waals surface area contributed by atoms with Crippen molar-refractivity contribution in [2.45, 2.75) is 0 Å². The highest BCUT2D eigenvalue weighted by atomic mass is 19.1. The van der Waals surface area contributed by atoms with Gasteiger partial charge < -0.3 is 9.84 Å². The molecule has 0 fully saturated rings. The molecule has 0 radical (unpaired) electrons. The average molecular weight is 234 g/mol. The molecule has 1 heterocycles. The first-order valence-electron chi connectivity index (χ1n) is 4.62. The molecule has 0 spiro atoms. The Morgan fingerprint density at radius 3 is 2.53 bits per heavy atom. The number of nitrogens with zero attached hydrogens (tertiary/aromatic N) is 2. The number of carboxylic acids is 1. The van der Waals surface area contributed by atoms with Crippen molar-refractivity contribution in [1.82, 2.24) is 9.97 Å². The van der Waals surface area contributed by atoms with Crippen LogP contribution in [-0.2, 0) is 0 Å². The molecule has 0 atom stereocenters. The Balaban J connectivity index is 2.30. The van der Waals surface area contributed by atoms with Gasteiger partial charge in [-0.2, -0.15) is 0 Å². The topological polar surface area (TPSA) is 72.3 Å². The maximum atomic E-state index is 13.1. The largest absolute Gasteiger partial charge is 0.478 e. The molecule has 0 saturated carbocycles. The summed E-state index contributed by atoms with van der Waals surface area (Å²) in [6, 6.07) is 3.22. The molecule has 0 aliphatic heterocycles. The van der Waals surface area contributed by atoms with Gasteiger partial charge >= 0.3 is 5.97 Å². The van der Waals surface area contributed by atoms with E-state index in [1.165, 1.54) is 24.8 Å². The van der Waals surface area contributed by atoms with E-state index in [-0.39, 0.29) is 11.3 Å². The van der Waals surface area contributed by atoms with Gasteiger partial charge in [0.05, 0.1) is 18.0 Å². The summed E-state index contributed by atoms with van der Waals surface area (Å²) in [5.74, 6) is -1.53. The van der Waals surface area contributed by atoms with Crippen molar-refractivity contribution >= 4 is 5.97 Å². The molecule has 2 rings (SSSR count). The zero-order valence-electron chi connectivity index (χ0n) is 8.50. The molecule has 0 bridgehead atoms. The first kappa shape index (κ1) is 11.0. The third kappa shape index (κ3) is 2.75. The summed E-state index contributed by atoms with van der Waals surface area (Å²) in [5, 5.41) is 8.75. The van der Waals surface area contributed by atoms with E-state index in [1.54, 1.807) is 0 Å². The fraction of sp³-hybridized carbons (Fsp3) is 0. The minimum Gasteiger partial charge on any atom is -0.478 e. The molecule has 6 heteroatoms. The summed E-state index contributed by atoms with van der Waals surface area (Å²) < 4.78 is 18.3. The zero-order valence-corrected chi connectivity index (χ0v) is 8.50. The number of carbonyl (C=O) groups is 1. The van der Waals surface area contributed by atoms with Crippen molar-refractivity contribution < 1.29 is 19.0 Å². The quantitative estimate of drug-likeness (QED) is 0.880. The van der Waals surface area contributed by atoms with Crippen molar-refractivity contribution in [1.29, 1.82) is 0 Å². The molecule has 17 heavy (non-hydrogen) atoms. The van der Waals surface area contributed by atoms with E-state index < -0.39 is 11.8 Å². The van der Waals surface area contributed by atoms with Crippen LogP contribution in [-0.4, -0.2) is 21.0 Å². The van der Waals surface area contributed by atoms with Crippen LogP contribution in [0, 0.1) is 5.82 Å². The van der Waals surface area contributed by atoms with Gasteiger partial charge in [0.25, 0.3) is 0 Å². The first-order chi connectivity index (χ1) is 8.15. The Morgan fingerprint density at radius 2 is 1.88 bits per heavy atom. The van der Waals surface area contributed by atoms with Crippen molar-refractivity contribution in [2.75, 3.05) is 0 Å². The molecule has 5 nitrogen and oxygen atoms in total. The maximum Gasteiger partial charge on any atom is 0.335 e. The predicted molar refractivity (Wildman–Crippen MR) is 55.5 cm³/mol. The van der Waals surface area contributed by atoms with Gasteiger partial charge in [-0.05, 0) is 12.1 Å². The molecule has 0 amide bonds. The standard InChI is InChI=1S/C11H7FN2O3/c12-8-1-7(11(15)16)2-9(3-8)17-10-4-13-6-14-5-10/h1-6H,(H,15,16). The van der Waals surface area contributed by atoms with Crippen LogP contribution in [0.5, 0.6) is 11.5 Å².